The Bertz CT molecular complexity index is 645. The molecule has 1 aliphatic carbocycles. The molecule has 2 N–H and O–H groups in total. The van der Waals surface area contributed by atoms with Crippen molar-refractivity contribution in [2.45, 2.75) is 44.2 Å². The van der Waals surface area contributed by atoms with Crippen molar-refractivity contribution in [3.63, 3.8) is 0 Å². The van der Waals surface area contributed by atoms with Crippen molar-refractivity contribution in [1.82, 2.24) is 4.90 Å². The van der Waals surface area contributed by atoms with Gasteiger partial charge in [0, 0.05) is 24.1 Å². The summed E-state index contributed by atoms with van der Waals surface area (Å²) in [6.45, 7) is 2.51. The zero-order valence-electron chi connectivity index (χ0n) is 12.7. The van der Waals surface area contributed by atoms with Crippen molar-refractivity contribution < 1.29 is 15.0 Å². The molecular weight excluding hydrogens is 278 g/mol. The van der Waals surface area contributed by atoms with Gasteiger partial charge in [-0.3, -0.25) is 0 Å². The van der Waals surface area contributed by atoms with Crippen LogP contribution in [-0.4, -0.2) is 39.4 Å². The van der Waals surface area contributed by atoms with E-state index in [0.717, 1.165) is 24.0 Å². The maximum Gasteiger partial charge on any atom is 0.407 e. The fourth-order valence-corrected chi connectivity index (χ4v) is 3.83. The third-order valence-electron chi connectivity index (χ3n) is 4.90. The first-order chi connectivity index (χ1) is 10.5. The molecule has 1 saturated carbocycles. The lowest BCUT2D eigenvalue weighted by Gasteiger charge is -2.39. The van der Waals surface area contributed by atoms with Crippen LogP contribution in [0.25, 0.3) is 0 Å². The minimum atomic E-state index is -1.07. The lowest BCUT2D eigenvalue weighted by Crippen LogP contribution is -2.49. The molecule has 3 rings (SSSR count). The lowest BCUT2D eigenvalue weighted by atomic mass is 9.73. The van der Waals surface area contributed by atoms with E-state index in [2.05, 4.69) is 11.8 Å². The van der Waals surface area contributed by atoms with Crippen LogP contribution < -0.4 is 0 Å². The number of rotatable bonds is 0. The summed E-state index contributed by atoms with van der Waals surface area (Å²) in [6, 6.07) is 7.80. The average molecular weight is 299 g/mol. The van der Waals surface area contributed by atoms with Crippen LogP contribution in [0, 0.1) is 24.7 Å². The van der Waals surface area contributed by atoms with E-state index in [-0.39, 0.29) is 12.0 Å². The first-order valence-corrected chi connectivity index (χ1v) is 7.81. The molecule has 116 valence electrons. The summed E-state index contributed by atoms with van der Waals surface area (Å²) in [5, 5.41) is 20.2. The second kappa shape index (κ2) is 5.66. The summed E-state index contributed by atoms with van der Waals surface area (Å²) < 4.78 is 0. The molecule has 0 spiro atoms. The highest BCUT2D eigenvalue weighted by Crippen LogP contribution is 2.42. The summed E-state index contributed by atoms with van der Waals surface area (Å²) in [7, 11) is 0. The van der Waals surface area contributed by atoms with Crippen molar-refractivity contribution in [2.24, 2.45) is 5.92 Å². The molecule has 4 nitrogen and oxygen atoms in total. The number of amides is 1. The number of benzene rings is 1. The van der Waals surface area contributed by atoms with Gasteiger partial charge >= 0.3 is 6.09 Å². The van der Waals surface area contributed by atoms with Crippen molar-refractivity contribution in [2.75, 3.05) is 6.54 Å². The summed E-state index contributed by atoms with van der Waals surface area (Å²) in [5.74, 6) is 6.07. The molecule has 0 bridgehead atoms. The number of hydrogen-bond donors (Lipinski definition) is 2. The summed E-state index contributed by atoms with van der Waals surface area (Å²) in [5.41, 5.74) is 0.957. The number of likely N-dealkylation sites (tertiary alicyclic amines) is 1. The molecule has 4 heteroatoms. The summed E-state index contributed by atoms with van der Waals surface area (Å²) >= 11 is 0. The van der Waals surface area contributed by atoms with Crippen molar-refractivity contribution >= 4 is 6.09 Å². The van der Waals surface area contributed by atoms with Gasteiger partial charge in [-0.05, 0) is 50.3 Å². The average Bonchev–Trinajstić information content (AvgIpc) is 2.91. The van der Waals surface area contributed by atoms with Gasteiger partial charge in [0.15, 0.2) is 0 Å². The van der Waals surface area contributed by atoms with E-state index in [1.165, 1.54) is 4.90 Å². The van der Waals surface area contributed by atoms with Crippen LogP contribution in [0.3, 0.4) is 0 Å². The van der Waals surface area contributed by atoms with E-state index in [1.54, 1.807) is 0 Å². The predicted octanol–water partition coefficient (Wildman–Crippen LogP) is 2.63. The quantitative estimate of drug-likeness (QED) is 0.724. The van der Waals surface area contributed by atoms with Crippen LogP contribution in [-0.2, 0) is 0 Å². The fourth-order valence-electron chi connectivity index (χ4n) is 3.83. The fraction of sp³-hybridized carbons (Fsp3) is 0.500. The Morgan fingerprint density at radius 3 is 2.95 bits per heavy atom. The van der Waals surface area contributed by atoms with E-state index in [0.29, 0.717) is 19.4 Å². The largest absolute Gasteiger partial charge is 0.465 e. The normalized spacial score (nSPS) is 30.4. The number of nitrogens with zero attached hydrogens (tertiary/aromatic N) is 1. The van der Waals surface area contributed by atoms with Gasteiger partial charge in [-0.1, -0.05) is 24.0 Å². The van der Waals surface area contributed by atoms with Crippen molar-refractivity contribution in [1.29, 1.82) is 0 Å². The minimum absolute atomic E-state index is 0.0744. The Labute approximate surface area is 130 Å². The van der Waals surface area contributed by atoms with Gasteiger partial charge in [-0.15, -0.1) is 0 Å². The van der Waals surface area contributed by atoms with E-state index >= 15 is 0 Å². The number of hydrogen-bond acceptors (Lipinski definition) is 2. The standard InChI is InChI=1S/C18H21NO3/c1-13-4-2-5-14(12-13)7-10-18(22)9-3-6-16-15(18)8-11-19(16)17(20)21/h2,4-5,12,15-16,22H,3,6,8-9,11H2,1H3,(H,20,21)/t15-,16-,18-/m1/s1. The van der Waals surface area contributed by atoms with Crippen LogP contribution in [0.2, 0.25) is 0 Å². The minimum Gasteiger partial charge on any atom is -0.465 e. The number of aliphatic hydroxyl groups is 1. The van der Waals surface area contributed by atoms with Gasteiger partial charge in [-0.2, -0.15) is 0 Å². The Morgan fingerprint density at radius 1 is 1.41 bits per heavy atom. The number of fused-ring (bicyclic) bond motifs is 1. The summed E-state index contributed by atoms with van der Waals surface area (Å²) in [4.78, 5) is 12.8. The Hall–Kier alpha value is -1.99. The van der Waals surface area contributed by atoms with E-state index in [4.69, 9.17) is 0 Å². The van der Waals surface area contributed by atoms with E-state index in [9.17, 15) is 15.0 Å². The summed E-state index contributed by atoms with van der Waals surface area (Å²) in [6.07, 6.45) is 2.06. The molecule has 3 atom stereocenters. The SMILES string of the molecule is Cc1cccc(C#C[C@]2(O)CCC[C@@H]3[C@H]2CCN3C(=O)O)c1. The van der Waals surface area contributed by atoms with Gasteiger partial charge in [-0.25, -0.2) is 4.79 Å². The number of carbonyl (C=O) groups is 1. The molecule has 2 fully saturated rings. The van der Waals surface area contributed by atoms with Crippen molar-refractivity contribution in [3.05, 3.63) is 35.4 Å². The van der Waals surface area contributed by atoms with Crippen LogP contribution in [0.4, 0.5) is 4.79 Å². The zero-order chi connectivity index (χ0) is 15.7. The number of carboxylic acid groups (broad SMARTS) is 1. The third kappa shape index (κ3) is 2.69. The zero-order valence-corrected chi connectivity index (χ0v) is 12.7. The highest BCUT2D eigenvalue weighted by molar-refractivity contribution is 5.66. The molecule has 1 aliphatic heterocycles. The molecule has 1 aromatic carbocycles. The van der Waals surface area contributed by atoms with Crippen molar-refractivity contribution in [3.8, 4) is 11.8 Å². The molecule has 1 heterocycles. The third-order valence-corrected chi connectivity index (χ3v) is 4.90. The predicted molar refractivity (Wildman–Crippen MR) is 83.5 cm³/mol. The molecular formula is C18H21NO3. The van der Waals surface area contributed by atoms with Gasteiger partial charge in [0.05, 0.1) is 0 Å². The Kier molecular flexibility index (Phi) is 3.84. The molecule has 2 aliphatic rings. The number of aryl methyl sites for hydroxylation is 1. The second-order valence-corrected chi connectivity index (χ2v) is 6.37. The van der Waals surface area contributed by atoms with Gasteiger partial charge in [0.25, 0.3) is 0 Å². The highest BCUT2D eigenvalue weighted by atomic mass is 16.4. The smallest absolute Gasteiger partial charge is 0.407 e. The molecule has 0 aromatic heterocycles. The van der Waals surface area contributed by atoms with Crippen LogP contribution >= 0.6 is 0 Å². The van der Waals surface area contributed by atoms with E-state index < -0.39 is 11.7 Å². The molecule has 22 heavy (non-hydrogen) atoms. The Balaban J connectivity index is 1.85. The monoisotopic (exact) mass is 299 g/mol. The second-order valence-electron chi connectivity index (χ2n) is 6.37. The highest BCUT2D eigenvalue weighted by Gasteiger charge is 2.50. The first-order valence-electron chi connectivity index (χ1n) is 7.81. The Morgan fingerprint density at radius 2 is 2.23 bits per heavy atom. The first kappa shape index (κ1) is 14.9. The molecule has 1 aromatic rings. The molecule has 1 amide bonds. The maximum atomic E-state index is 11.3. The van der Waals surface area contributed by atoms with Gasteiger partial charge < -0.3 is 15.1 Å². The molecule has 0 unspecified atom stereocenters. The van der Waals surface area contributed by atoms with Crippen LogP contribution in [0.5, 0.6) is 0 Å². The van der Waals surface area contributed by atoms with Gasteiger partial charge in [0.1, 0.15) is 5.60 Å². The van der Waals surface area contributed by atoms with Gasteiger partial charge in [0.2, 0.25) is 0 Å². The lowest BCUT2D eigenvalue weighted by molar-refractivity contribution is -0.0125. The topological polar surface area (TPSA) is 60.8 Å². The van der Waals surface area contributed by atoms with E-state index in [1.807, 2.05) is 31.2 Å². The maximum absolute atomic E-state index is 11.3. The van der Waals surface area contributed by atoms with Crippen LogP contribution in [0.1, 0.15) is 36.8 Å². The molecule has 0 radical (unpaired) electrons. The van der Waals surface area contributed by atoms with Crippen LogP contribution in [0.15, 0.2) is 24.3 Å². The molecule has 1 saturated heterocycles.